The first-order chi connectivity index (χ1) is 13.1. The Bertz CT molecular complexity index is 991. The van der Waals surface area contributed by atoms with E-state index in [2.05, 4.69) is 14.9 Å². The third-order valence-corrected chi connectivity index (χ3v) is 6.33. The number of nitrogens with zero attached hydrogens (tertiary/aromatic N) is 4. The minimum Gasteiger partial charge on any atom is -0.383 e. The van der Waals surface area contributed by atoms with E-state index < -0.39 is 5.60 Å². The average Bonchev–Trinajstić information content (AvgIpc) is 3.22. The molecule has 1 aliphatic carbocycles. The number of benzene rings is 1. The number of hydrogen-bond acceptors (Lipinski definition) is 5. The van der Waals surface area contributed by atoms with Crippen LogP contribution in [0, 0.1) is 18.8 Å². The molecule has 1 aliphatic heterocycles. The summed E-state index contributed by atoms with van der Waals surface area (Å²) in [5, 5.41) is 11.5. The molecule has 138 valence electrons. The van der Waals surface area contributed by atoms with Crippen molar-refractivity contribution in [2.24, 2.45) is 11.8 Å². The number of hydrogen-bond donors (Lipinski definition) is 1. The molecular formula is C22H24N4O. The van der Waals surface area contributed by atoms with E-state index >= 15 is 0 Å². The molecule has 3 aromatic rings. The van der Waals surface area contributed by atoms with Crippen LogP contribution in [0.1, 0.15) is 29.8 Å². The van der Waals surface area contributed by atoms with Crippen molar-refractivity contribution in [2.45, 2.75) is 31.9 Å². The Kier molecular flexibility index (Phi) is 3.95. The lowest BCUT2D eigenvalue weighted by Gasteiger charge is -2.31. The average molecular weight is 360 g/mol. The van der Waals surface area contributed by atoms with Crippen LogP contribution in [0.3, 0.4) is 0 Å². The van der Waals surface area contributed by atoms with Gasteiger partial charge in [0.2, 0.25) is 0 Å². The topological polar surface area (TPSA) is 62.1 Å². The first-order valence-electron chi connectivity index (χ1n) is 9.71. The van der Waals surface area contributed by atoms with Gasteiger partial charge in [-0.1, -0.05) is 18.2 Å². The van der Waals surface area contributed by atoms with Gasteiger partial charge < -0.3 is 5.11 Å². The number of aliphatic hydroxyl groups is 1. The summed E-state index contributed by atoms with van der Waals surface area (Å²) in [5.74, 6) is 0.754. The number of likely N-dealkylation sites (tertiary alicyclic amines) is 1. The Morgan fingerprint density at radius 2 is 1.96 bits per heavy atom. The molecule has 5 heteroatoms. The molecule has 0 unspecified atom stereocenters. The van der Waals surface area contributed by atoms with Crippen LogP contribution in [0.25, 0.3) is 11.0 Å². The summed E-state index contributed by atoms with van der Waals surface area (Å²) in [6.07, 6.45) is 5.54. The normalized spacial score (nSPS) is 27.9. The number of aryl methyl sites for hydroxylation is 1. The van der Waals surface area contributed by atoms with E-state index in [9.17, 15) is 5.11 Å². The van der Waals surface area contributed by atoms with Crippen LogP contribution < -0.4 is 0 Å². The number of rotatable bonds is 3. The van der Waals surface area contributed by atoms with Crippen LogP contribution in [0.5, 0.6) is 0 Å². The predicted octanol–water partition coefficient (Wildman–Crippen LogP) is 3.06. The van der Waals surface area contributed by atoms with Crippen LogP contribution in [0.4, 0.5) is 0 Å². The van der Waals surface area contributed by atoms with Crippen molar-refractivity contribution in [3.63, 3.8) is 0 Å². The van der Waals surface area contributed by atoms with Crippen molar-refractivity contribution in [2.75, 3.05) is 13.1 Å². The molecule has 2 aromatic heterocycles. The van der Waals surface area contributed by atoms with Crippen LogP contribution >= 0.6 is 0 Å². The van der Waals surface area contributed by atoms with Gasteiger partial charge in [0.15, 0.2) is 0 Å². The number of pyridine rings is 1. The monoisotopic (exact) mass is 360 g/mol. The second-order valence-electron chi connectivity index (χ2n) is 8.04. The first kappa shape index (κ1) is 16.8. The van der Waals surface area contributed by atoms with E-state index in [4.69, 9.17) is 4.98 Å². The number of fused-ring (bicyclic) bond motifs is 2. The second kappa shape index (κ2) is 6.36. The van der Waals surface area contributed by atoms with E-state index in [0.29, 0.717) is 5.92 Å². The summed E-state index contributed by atoms with van der Waals surface area (Å²) >= 11 is 0. The highest BCUT2D eigenvalue weighted by molar-refractivity contribution is 5.73. The molecule has 5 nitrogen and oxygen atoms in total. The fraction of sp³-hybridized carbons (Fsp3) is 0.409. The maximum absolute atomic E-state index is 11.5. The van der Waals surface area contributed by atoms with Gasteiger partial charge in [-0.05, 0) is 49.4 Å². The molecule has 27 heavy (non-hydrogen) atoms. The highest BCUT2D eigenvalue weighted by Crippen LogP contribution is 2.50. The fourth-order valence-electron chi connectivity index (χ4n) is 5.05. The lowest BCUT2D eigenvalue weighted by atomic mass is 9.83. The Hall–Kier alpha value is -2.37. The number of para-hydroxylation sites is 2. The van der Waals surface area contributed by atoms with Gasteiger partial charge in [-0.2, -0.15) is 0 Å². The van der Waals surface area contributed by atoms with Gasteiger partial charge in [0, 0.05) is 31.7 Å². The van der Waals surface area contributed by atoms with Gasteiger partial charge in [0.1, 0.15) is 5.60 Å². The zero-order valence-corrected chi connectivity index (χ0v) is 15.5. The summed E-state index contributed by atoms with van der Waals surface area (Å²) in [6, 6.07) is 12.0. The molecule has 3 atom stereocenters. The highest BCUT2D eigenvalue weighted by Gasteiger charge is 2.53. The maximum atomic E-state index is 11.5. The van der Waals surface area contributed by atoms with Gasteiger partial charge in [0.25, 0.3) is 0 Å². The molecule has 3 heterocycles. The van der Waals surface area contributed by atoms with Crippen molar-refractivity contribution in [3.8, 4) is 0 Å². The maximum Gasteiger partial charge on any atom is 0.111 e. The molecule has 0 radical (unpaired) electrons. The standard InChI is InChI=1S/C22H24N4O/c1-15-5-4-10-23-21(15)22(27)9-8-16-12-26(14-18(16)22)13-17-11-24-19-6-2-3-7-20(19)25-17/h2-7,10-11,16,18,27H,8-9,12-14H2,1H3/t16-,18+,22-/m1/s1. The summed E-state index contributed by atoms with van der Waals surface area (Å²) in [4.78, 5) is 16.3. The largest absolute Gasteiger partial charge is 0.383 e. The number of aromatic nitrogens is 3. The van der Waals surface area contributed by atoms with Crippen molar-refractivity contribution in [1.82, 2.24) is 19.9 Å². The third-order valence-electron chi connectivity index (χ3n) is 6.33. The second-order valence-corrected chi connectivity index (χ2v) is 8.04. The minimum atomic E-state index is -0.806. The summed E-state index contributed by atoms with van der Waals surface area (Å²) < 4.78 is 0. The molecule has 1 saturated carbocycles. The minimum absolute atomic E-state index is 0.236. The SMILES string of the molecule is Cc1cccnc1[C@@]1(O)CC[C@@H]2CN(Cc3cnc4ccccc4n3)C[C@@H]21. The smallest absolute Gasteiger partial charge is 0.111 e. The van der Waals surface area contributed by atoms with Crippen molar-refractivity contribution >= 4 is 11.0 Å². The molecule has 1 aromatic carbocycles. The third kappa shape index (κ3) is 2.82. The van der Waals surface area contributed by atoms with Crippen molar-refractivity contribution < 1.29 is 5.11 Å². The van der Waals surface area contributed by atoms with Crippen LogP contribution in [0.15, 0.2) is 48.8 Å². The highest BCUT2D eigenvalue weighted by atomic mass is 16.3. The van der Waals surface area contributed by atoms with Gasteiger partial charge in [-0.25, -0.2) is 4.98 Å². The van der Waals surface area contributed by atoms with Crippen LogP contribution in [-0.4, -0.2) is 38.0 Å². The van der Waals surface area contributed by atoms with Gasteiger partial charge in [-0.3, -0.25) is 14.9 Å². The zero-order chi connectivity index (χ0) is 18.4. The van der Waals surface area contributed by atoms with E-state index in [0.717, 1.165) is 60.5 Å². The van der Waals surface area contributed by atoms with E-state index in [-0.39, 0.29) is 5.92 Å². The quantitative estimate of drug-likeness (QED) is 0.778. The molecule has 0 amide bonds. The summed E-state index contributed by atoms with van der Waals surface area (Å²) in [5.41, 5.74) is 4.00. The van der Waals surface area contributed by atoms with Gasteiger partial charge in [0.05, 0.1) is 28.6 Å². The fourth-order valence-corrected chi connectivity index (χ4v) is 5.05. The molecule has 1 saturated heterocycles. The summed E-state index contributed by atoms with van der Waals surface area (Å²) in [6.45, 7) is 4.71. The van der Waals surface area contributed by atoms with Gasteiger partial charge >= 0.3 is 0 Å². The summed E-state index contributed by atoms with van der Waals surface area (Å²) in [7, 11) is 0. The Morgan fingerprint density at radius 1 is 1.11 bits per heavy atom. The molecule has 2 fully saturated rings. The van der Waals surface area contributed by atoms with Crippen molar-refractivity contribution in [3.05, 3.63) is 65.7 Å². The Morgan fingerprint density at radius 3 is 2.81 bits per heavy atom. The van der Waals surface area contributed by atoms with E-state index in [1.807, 2.05) is 49.5 Å². The molecule has 0 bridgehead atoms. The molecule has 1 N–H and O–H groups in total. The molecule has 0 spiro atoms. The predicted molar refractivity (Wildman–Crippen MR) is 104 cm³/mol. The molecule has 2 aliphatic rings. The Labute approximate surface area is 159 Å². The van der Waals surface area contributed by atoms with Crippen LogP contribution in [-0.2, 0) is 12.1 Å². The zero-order valence-electron chi connectivity index (χ0n) is 15.5. The van der Waals surface area contributed by atoms with Crippen LogP contribution in [0.2, 0.25) is 0 Å². The lowest BCUT2D eigenvalue weighted by molar-refractivity contribution is -0.0114. The van der Waals surface area contributed by atoms with E-state index in [1.54, 1.807) is 6.20 Å². The molecule has 5 rings (SSSR count). The van der Waals surface area contributed by atoms with Crippen molar-refractivity contribution in [1.29, 1.82) is 0 Å². The Balaban J connectivity index is 1.37. The van der Waals surface area contributed by atoms with E-state index in [1.165, 1.54) is 0 Å². The molecular weight excluding hydrogens is 336 g/mol. The lowest BCUT2D eigenvalue weighted by Crippen LogP contribution is -2.36. The van der Waals surface area contributed by atoms with Gasteiger partial charge in [-0.15, -0.1) is 0 Å². The first-order valence-corrected chi connectivity index (χ1v) is 9.71.